The molecule has 4 aliphatic carbocycles. The molecule has 0 spiro atoms. The highest BCUT2D eigenvalue weighted by molar-refractivity contribution is 7.90. The molecule has 136 valence electrons. The largest absolute Gasteiger partial charge is 0.349 e. The SMILES string of the molecule is CC(NC(=O)C12CC3CC(CC(C3)C1)C2)c1ccc(S(C)(=O)=O)cc1. The van der Waals surface area contributed by atoms with Crippen molar-refractivity contribution in [3.63, 3.8) is 0 Å². The Kier molecular flexibility index (Phi) is 3.98. The van der Waals surface area contributed by atoms with Crippen LogP contribution in [-0.4, -0.2) is 20.6 Å². The molecule has 25 heavy (non-hydrogen) atoms. The molecule has 1 amide bonds. The lowest BCUT2D eigenvalue weighted by Crippen LogP contribution is -2.53. The van der Waals surface area contributed by atoms with Gasteiger partial charge in [0.15, 0.2) is 9.84 Å². The smallest absolute Gasteiger partial charge is 0.226 e. The topological polar surface area (TPSA) is 63.2 Å². The number of hydrogen-bond acceptors (Lipinski definition) is 3. The molecule has 4 bridgehead atoms. The molecule has 0 aliphatic heterocycles. The van der Waals surface area contributed by atoms with Crippen LogP contribution in [0.4, 0.5) is 0 Å². The minimum absolute atomic E-state index is 0.103. The highest BCUT2D eigenvalue weighted by Crippen LogP contribution is 2.60. The number of sulfone groups is 1. The van der Waals surface area contributed by atoms with E-state index in [9.17, 15) is 13.2 Å². The zero-order valence-electron chi connectivity index (χ0n) is 15.0. The molecule has 4 nitrogen and oxygen atoms in total. The molecular weight excluding hydrogens is 334 g/mol. The molecule has 4 saturated carbocycles. The van der Waals surface area contributed by atoms with Crippen molar-refractivity contribution < 1.29 is 13.2 Å². The fourth-order valence-corrected chi connectivity index (χ4v) is 6.46. The maximum Gasteiger partial charge on any atom is 0.226 e. The van der Waals surface area contributed by atoms with Gasteiger partial charge in [0.2, 0.25) is 5.91 Å². The van der Waals surface area contributed by atoms with E-state index in [0.29, 0.717) is 4.90 Å². The molecule has 0 radical (unpaired) electrons. The Balaban J connectivity index is 1.47. The summed E-state index contributed by atoms with van der Waals surface area (Å²) in [6.07, 6.45) is 8.37. The minimum Gasteiger partial charge on any atom is -0.349 e. The third kappa shape index (κ3) is 3.12. The first-order chi connectivity index (χ1) is 11.7. The van der Waals surface area contributed by atoms with Crippen LogP contribution in [0, 0.1) is 23.2 Å². The highest BCUT2D eigenvalue weighted by atomic mass is 32.2. The molecule has 0 saturated heterocycles. The maximum atomic E-state index is 13.1. The van der Waals surface area contributed by atoms with E-state index in [-0.39, 0.29) is 17.4 Å². The van der Waals surface area contributed by atoms with Crippen LogP contribution in [0.3, 0.4) is 0 Å². The predicted molar refractivity (Wildman–Crippen MR) is 96.7 cm³/mol. The Hall–Kier alpha value is -1.36. The number of carbonyl (C=O) groups excluding carboxylic acids is 1. The van der Waals surface area contributed by atoms with E-state index < -0.39 is 9.84 Å². The van der Waals surface area contributed by atoms with Crippen molar-refractivity contribution in [2.75, 3.05) is 6.26 Å². The van der Waals surface area contributed by atoms with Gasteiger partial charge in [0.25, 0.3) is 0 Å². The quantitative estimate of drug-likeness (QED) is 0.893. The summed E-state index contributed by atoms with van der Waals surface area (Å²) >= 11 is 0. The third-order valence-electron chi connectivity index (χ3n) is 6.68. The summed E-state index contributed by atoms with van der Waals surface area (Å²) in [5.41, 5.74) is 0.806. The molecule has 5 heteroatoms. The zero-order valence-corrected chi connectivity index (χ0v) is 15.8. The average Bonchev–Trinajstić information content (AvgIpc) is 2.52. The molecule has 1 atom stereocenters. The Bertz CT molecular complexity index is 746. The van der Waals surface area contributed by atoms with Gasteiger partial charge in [0.1, 0.15) is 0 Å². The summed E-state index contributed by atoms with van der Waals surface area (Å²) in [7, 11) is -3.19. The highest BCUT2D eigenvalue weighted by Gasteiger charge is 2.54. The predicted octanol–water partition coefficient (Wildman–Crippen LogP) is 3.48. The fourth-order valence-electron chi connectivity index (χ4n) is 5.83. The molecule has 5 rings (SSSR count). The van der Waals surface area contributed by atoms with Crippen LogP contribution < -0.4 is 5.32 Å². The fraction of sp³-hybridized carbons (Fsp3) is 0.650. The van der Waals surface area contributed by atoms with Gasteiger partial charge < -0.3 is 5.32 Å². The Morgan fingerprint density at radius 2 is 1.52 bits per heavy atom. The van der Waals surface area contributed by atoms with Gasteiger partial charge >= 0.3 is 0 Å². The molecule has 4 aliphatic rings. The Morgan fingerprint density at radius 3 is 1.96 bits per heavy atom. The van der Waals surface area contributed by atoms with Crippen molar-refractivity contribution in [2.24, 2.45) is 23.2 Å². The van der Waals surface area contributed by atoms with Gasteiger partial charge in [-0.1, -0.05) is 12.1 Å². The molecule has 1 unspecified atom stereocenters. The second-order valence-electron chi connectivity index (χ2n) is 8.73. The summed E-state index contributed by atoms with van der Waals surface area (Å²) in [5.74, 6) is 2.47. The second kappa shape index (κ2) is 5.83. The molecule has 0 aromatic heterocycles. The van der Waals surface area contributed by atoms with E-state index in [0.717, 1.165) is 42.6 Å². The van der Waals surface area contributed by atoms with Gasteiger partial charge in [0, 0.05) is 11.7 Å². The van der Waals surface area contributed by atoms with Crippen LogP contribution >= 0.6 is 0 Å². The first-order valence-electron chi connectivity index (χ1n) is 9.36. The number of hydrogen-bond donors (Lipinski definition) is 1. The molecule has 1 N–H and O–H groups in total. The Labute approximate surface area is 150 Å². The van der Waals surface area contributed by atoms with E-state index in [1.165, 1.54) is 25.5 Å². The summed E-state index contributed by atoms with van der Waals surface area (Å²) in [4.78, 5) is 13.4. The number of benzene rings is 1. The van der Waals surface area contributed by atoms with Gasteiger partial charge in [-0.2, -0.15) is 0 Å². The van der Waals surface area contributed by atoms with E-state index in [1.807, 2.05) is 6.92 Å². The zero-order chi connectivity index (χ0) is 17.8. The van der Waals surface area contributed by atoms with Crippen molar-refractivity contribution in [3.8, 4) is 0 Å². The van der Waals surface area contributed by atoms with Crippen molar-refractivity contribution in [2.45, 2.75) is 56.4 Å². The monoisotopic (exact) mass is 361 g/mol. The molecule has 1 aromatic carbocycles. The first kappa shape index (κ1) is 17.1. The third-order valence-corrected chi connectivity index (χ3v) is 7.80. The number of amides is 1. The second-order valence-corrected chi connectivity index (χ2v) is 10.7. The van der Waals surface area contributed by atoms with Gasteiger partial charge in [-0.15, -0.1) is 0 Å². The molecular formula is C20H27NO3S. The lowest BCUT2D eigenvalue weighted by molar-refractivity contribution is -0.147. The molecule has 0 heterocycles. The van der Waals surface area contributed by atoms with Crippen molar-refractivity contribution >= 4 is 15.7 Å². The average molecular weight is 362 g/mol. The summed E-state index contributed by atoms with van der Waals surface area (Å²) in [6.45, 7) is 1.98. The van der Waals surface area contributed by atoms with Crippen LogP contribution in [0.2, 0.25) is 0 Å². The standard InChI is InChI=1S/C20H27NO3S/c1-13(17-3-5-18(6-4-17)25(2,23)24)21-19(22)20-10-14-7-15(11-20)9-16(8-14)12-20/h3-6,13-16H,7-12H2,1-2H3,(H,21,22). The van der Waals surface area contributed by atoms with Gasteiger partial charge in [-0.05, 0) is 80.9 Å². The van der Waals surface area contributed by atoms with Crippen molar-refractivity contribution in [1.29, 1.82) is 0 Å². The van der Waals surface area contributed by atoms with Gasteiger partial charge in [0.05, 0.1) is 10.9 Å². The van der Waals surface area contributed by atoms with Crippen molar-refractivity contribution in [3.05, 3.63) is 29.8 Å². The van der Waals surface area contributed by atoms with Crippen LogP contribution in [-0.2, 0) is 14.6 Å². The summed E-state index contributed by atoms with van der Waals surface area (Å²) in [6, 6.07) is 6.76. The van der Waals surface area contributed by atoms with E-state index in [4.69, 9.17) is 0 Å². The van der Waals surface area contributed by atoms with Crippen LogP contribution in [0.25, 0.3) is 0 Å². The molecule has 4 fully saturated rings. The number of carbonyl (C=O) groups is 1. The van der Waals surface area contributed by atoms with E-state index >= 15 is 0 Å². The van der Waals surface area contributed by atoms with Crippen LogP contribution in [0.15, 0.2) is 29.2 Å². The Morgan fingerprint density at radius 1 is 1.04 bits per heavy atom. The van der Waals surface area contributed by atoms with E-state index in [1.54, 1.807) is 24.3 Å². The van der Waals surface area contributed by atoms with Gasteiger partial charge in [-0.3, -0.25) is 4.79 Å². The maximum absolute atomic E-state index is 13.1. The van der Waals surface area contributed by atoms with Gasteiger partial charge in [-0.25, -0.2) is 8.42 Å². The summed E-state index contributed by atoms with van der Waals surface area (Å²) < 4.78 is 23.2. The normalized spacial score (nSPS) is 34.7. The minimum atomic E-state index is -3.19. The first-order valence-corrected chi connectivity index (χ1v) is 11.3. The lowest BCUT2D eigenvalue weighted by Gasteiger charge is -2.55. The van der Waals surface area contributed by atoms with E-state index in [2.05, 4.69) is 5.32 Å². The molecule has 1 aromatic rings. The lowest BCUT2D eigenvalue weighted by atomic mass is 9.49. The van der Waals surface area contributed by atoms with Crippen LogP contribution in [0.1, 0.15) is 57.1 Å². The van der Waals surface area contributed by atoms with Crippen LogP contribution in [0.5, 0.6) is 0 Å². The number of rotatable bonds is 4. The van der Waals surface area contributed by atoms with Crippen molar-refractivity contribution in [1.82, 2.24) is 5.32 Å². The summed E-state index contributed by atoms with van der Waals surface area (Å²) in [5, 5.41) is 3.22. The number of nitrogens with one attached hydrogen (secondary N) is 1.